The summed E-state index contributed by atoms with van der Waals surface area (Å²) in [5.74, 6) is 0.00625. The molecule has 0 saturated carbocycles. The summed E-state index contributed by atoms with van der Waals surface area (Å²) in [7, 11) is -1.62. The third kappa shape index (κ3) is 3.22. The summed E-state index contributed by atoms with van der Waals surface area (Å²) >= 11 is 0. The smallest absolute Gasteiger partial charge is 0.254 e. The number of phenols is 1. The molecule has 1 amide bonds. The van der Waals surface area contributed by atoms with E-state index in [4.69, 9.17) is 4.74 Å². The Kier molecular flexibility index (Phi) is 4.17. The van der Waals surface area contributed by atoms with Gasteiger partial charge in [-0.15, -0.1) is 0 Å². The van der Waals surface area contributed by atoms with Crippen molar-refractivity contribution in [2.75, 3.05) is 31.7 Å². The fourth-order valence-electron chi connectivity index (χ4n) is 2.15. The third-order valence-corrected chi connectivity index (χ3v) is 4.98. The van der Waals surface area contributed by atoms with Crippen LogP contribution in [0.3, 0.4) is 0 Å². The molecule has 1 fully saturated rings. The van der Waals surface area contributed by atoms with Gasteiger partial charge < -0.3 is 14.7 Å². The van der Waals surface area contributed by atoms with Crippen molar-refractivity contribution in [3.8, 4) is 11.5 Å². The number of aromatic hydroxyl groups is 1. The fraction of sp³-hybridized carbons (Fsp3) is 0.462. The quantitative estimate of drug-likeness (QED) is 0.867. The molecule has 2 rings (SSSR count). The molecule has 1 N–H and O–H groups in total. The molecule has 1 saturated heterocycles. The van der Waals surface area contributed by atoms with Crippen LogP contribution >= 0.6 is 0 Å². The Labute approximate surface area is 117 Å². The first-order chi connectivity index (χ1) is 9.43. The first kappa shape index (κ1) is 14.6. The molecule has 110 valence electrons. The second kappa shape index (κ2) is 5.70. The Bertz CT molecular complexity index is 611. The van der Waals surface area contributed by atoms with Crippen molar-refractivity contribution in [2.45, 2.75) is 6.42 Å². The molecule has 1 aromatic rings. The van der Waals surface area contributed by atoms with Gasteiger partial charge in [0.25, 0.3) is 5.91 Å². The number of hydrogen-bond acceptors (Lipinski definition) is 5. The van der Waals surface area contributed by atoms with E-state index in [1.54, 1.807) is 6.07 Å². The fourth-order valence-corrected chi connectivity index (χ4v) is 3.42. The maximum absolute atomic E-state index is 12.3. The highest BCUT2D eigenvalue weighted by molar-refractivity contribution is 7.91. The highest BCUT2D eigenvalue weighted by Crippen LogP contribution is 2.26. The monoisotopic (exact) mass is 299 g/mol. The number of hydrogen-bond donors (Lipinski definition) is 1. The van der Waals surface area contributed by atoms with Crippen molar-refractivity contribution in [3.05, 3.63) is 23.8 Å². The summed E-state index contributed by atoms with van der Waals surface area (Å²) < 4.78 is 28.0. The second-order valence-corrected chi connectivity index (χ2v) is 6.99. The van der Waals surface area contributed by atoms with Crippen LogP contribution in [0.4, 0.5) is 0 Å². The van der Waals surface area contributed by atoms with Gasteiger partial charge in [-0.3, -0.25) is 4.79 Å². The van der Waals surface area contributed by atoms with E-state index in [-0.39, 0.29) is 29.7 Å². The van der Waals surface area contributed by atoms with Crippen LogP contribution in [0.15, 0.2) is 18.2 Å². The average molecular weight is 299 g/mol. The maximum atomic E-state index is 12.3. The molecule has 0 radical (unpaired) electrons. The van der Waals surface area contributed by atoms with E-state index in [0.29, 0.717) is 24.3 Å². The standard InChI is InChI=1S/C13H17NO5S/c1-19-12-4-3-10(9-11(12)15)13(16)14-5-2-7-20(17,18)8-6-14/h3-4,9,15H,2,5-8H2,1H3. The largest absolute Gasteiger partial charge is 0.504 e. The molecule has 0 bridgehead atoms. The molecule has 0 aromatic heterocycles. The molecule has 0 unspecified atom stereocenters. The number of carbonyl (C=O) groups is 1. The van der Waals surface area contributed by atoms with E-state index in [9.17, 15) is 18.3 Å². The lowest BCUT2D eigenvalue weighted by Crippen LogP contribution is -2.33. The van der Waals surface area contributed by atoms with E-state index in [1.165, 1.54) is 24.1 Å². The van der Waals surface area contributed by atoms with Crippen molar-refractivity contribution < 1.29 is 23.1 Å². The highest BCUT2D eigenvalue weighted by atomic mass is 32.2. The summed E-state index contributed by atoms with van der Waals surface area (Å²) in [6, 6.07) is 4.40. The predicted molar refractivity (Wildman–Crippen MR) is 73.8 cm³/mol. The second-order valence-electron chi connectivity index (χ2n) is 4.68. The average Bonchev–Trinajstić information content (AvgIpc) is 2.59. The zero-order valence-corrected chi connectivity index (χ0v) is 12.0. The van der Waals surface area contributed by atoms with Crippen LogP contribution in [0.5, 0.6) is 11.5 Å². The molecular formula is C13H17NO5S. The van der Waals surface area contributed by atoms with E-state index in [1.807, 2.05) is 0 Å². The number of phenolic OH excluding ortho intramolecular Hbond substituents is 1. The minimum absolute atomic E-state index is 0.0130. The van der Waals surface area contributed by atoms with Crippen molar-refractivity contribution in [1.82, 2.24) is 4.90 Å². The molecule has 6 nitrogen and oxygen atoms in total. The zero-order valence-electron chi connectivity index (χ0n) is 11.2. The molecule has 1 aliphatic rings. The third-order valence-electron chi connectivity index (χ3n) is 3.27. The molecule has 1 aromatic carbocycles. The molecular weight excluding hydrogens is 282 g/mol. The molecule has 0 aliphatic carbocycles. The van der Waals surface area contributed by atoms with Gasteiger partial charge in [-0.25, -0.2) is 8.42 Å². The Hall–Kier alpha value is -1.76. The Morgan fingerprint density at radius 2 is 2.05 bits per heavy atom. The Morgan fingerprint density at radius 3 is 2.70 bits per heavy atom. The SMILES string of the molecule is COc1ccc(C(=O)N2CCCS(=O)(=O)CC2)cc1O. The molecule has 0 atom stereocenters. The summed E-state index contributed by atoms with van der Waals surface area (Å²) in [5.41, 5.74) is 0.322. The number of benzene rings is 1. The number of sulfone groups is 1. The highest BCUT2D eigenvalue weighted by Gasteiger charge is 2.23. The summed E-state index contributed by atoms with van der Waals surface area (Å²) in [6.07, 6.45) is 0.441. The number of rotatable bonds is 2. The van der Waals surface area contributed by atoms with Crippen molar-refractivity contribution in [2.24, 2.45) is 0 Å². The number of nitrogens with zero attached hydrogens (tertiary/aromatic N) is 1. The van der Waals surface area contributed by atoms with Gasteiger partial charge in [0.1, 0.15) is 0 Å². The molecule has 1 heterocycles. The number of amides is 1. The van der Waals surface area contributed by atoms with Crippen LogP contribution < -0.4 is 4.74 Å². The molecule has 20 heavy (non-hydrogen) atoms. The normalized spacial score (nSPS) is 18.4. The van der Waals surface area contributed by atoms with E-state index < -0.39 is 9.84 Å². The van der Waals surface area contributed by atoms with Crippen LogP contribution in [-0.2, 0) is 9.84 Å². The van der Waals surface area contributed by atoms with Crippen LogP contribution in [0, 0.1) is 0 Å². The minimum Gasteiger partial charge on any atom is -0.504 e. The van der Waals surface area contributed by atoms with Gasteiger partial charge in [-0.1, -0.05) is 0 Å². The first-order valence-electron chi connectivity index (χ1n) is 6.29. The van der Waals surface area contributed by atoms with Crippen molar-refractivity contribution in [3.63, 3.8) is 0 Å². The van der Waals surface area contributed by atoms with Gasteiger partial charge in [0.15, 0.2) is 21.3 Å². The van der Waals surface area contributed by atoms with Gasteiger partial charge in [0, 0.05) is 18.7 Å². The molecule has 7 heteroatoms. The van der Waals surface area contributed by atoms with Crippen LogP contribution in [0.2, 0.25) is 0 Å². The lowest BCUT2D eigenvalue weighted by molar-refractivity contribution is 0.0768. The summed E-state index contributed by atoms with van der Waals surface area (Å²) in [6.45, 7) is 0.596. The van der Waals surface area contributed by atoms with Gasteiger partial charge >= 0.3 is 0 Å². The Morgan fingerprint density at radius 1 is 1.30 bits per heavy atom. The van der Waals surface area contributed by atoms with E-state index in [0.717, 1.165) is 0 Å². The number of methoxy groups -OCH3 is 1. The summed E-state index contributed by atoms with van der Waals surface area (Å²) in [5, 5.41) is 9.69. The van der Waals surface area contributed by atoms with Crippen LogP contribution in [-0.4, -0.2) is 56.0 Å². The van der Waals surface area contributed by atoms with Gasteiger partial charge in [0.2, 0.25) is 0 Å². The maximum Gasteiger partial charge on any atom is 0.254 e. The topological polar surface area (TPSA) is 83.9 Å². The van der Waals surface area contributed by atoms with Gasteiger partial charge in [-0.05, 0) is 24.6 Å². The van der Waals surface area contributed by atoms with Crippen LogP contribution in [0.25, 0.3) is 0 Å². The van der Waals surface area contributed by atoms with E-state index >= 15 is 0 Å². The Balaban J connectivity index is 2.17. The van der Waals surface area contributed by atoms with Crippen molar-refractivity contribution >= 4 is 15.7 Å². The van der Waals surface area contributed by atoms with Crippen LogP contribution in [0.1, 0.15) is 16.8 Å². The van der Waals surface area contributed by atoms with Gasteiger partial charge in [-0.2, -0.15) is 0 Å². The first-order valence-corrected chi connectivity index (χ1v) is 8.12. The molecule has 1 aliphatic heterocycles. The lowest BCUT2D eigenvalue weighted by Gasteiger charge is -2.20. The molecule has 0 spiro atoms. The number of ether oxygens (including phenoxy) is 1. The zero-order chi connectivity index (χ0) is 14.8. The van der Waals surface area contributed by atoms with Gasteiger partial charge in [0.05, 0.1) is 18.6 Å². The number of carbonyl (C=O) groups excluding carboxylic acids is 1. The van der Waals surface area contributed by atoms with Crippen molar-refractivity contribution in [1.29, 1.82) is 0 Å². The van der Waals surface area contributed by atoms with E-state index in [2.05, 4.69) is 0 Å². The minimum atomic E-state index is -3.05. The summed E-state index contributed by atoms with van der Waals surface area (Å²) in [4.78, 5) is 13.8. The lowest BCUT2D eigenvalue weighted by atomic mass is 10.1. The predicted octanol–water partition coefficient (Wildman–Crippen LogP) is 0.661.